The molecule has 1 aliphatic rings. The minimum Gasteiger partial charge on any atom is -0.373 e. The number of carbonyl (C=O) groups excluding carboxylic acids is 1. The van der Waals surface area contributed by atoms with Gasteiger partial charge in [0.25, 0.3) is 11.8 Å². The van der Waals surface area contributed by atoms with E-state index in [-0.39, 0.29) is 18.7 Å². The molecule has 2 aromatic rings. The molecule has 0 radical (unpaired) electrons. The van der Waals surface area contributed by atoms with Crippen LogP contribution in [0, 0.1) is 5.82 Å². The second kappa shape index (κ2) is 5.31. The molecule has 22 heavy (non-hydrogen) atoms. The summed E-state index contributed by atoms with van der Waals surface area (Å²) in [5, 5.41) is 0.418. The van der Waals surface area contributed by atoms with Gasteiger partial charge in [0.05, 0.1) is 18.7 Å². The number of rotatable bonds is 1. The Hall–Kier alpha value is -2.02. The highest BCUT2D eigenvalue weighted by Gasteiger charge is 2.37. The number of hydrogen-bond acceptors (Lipinski definition) is 2. The van der Waals surface area contributed by atoms with Crippen LogP contribution in [0.25, 0.3) is 10.9 Å². The van der Waals surface area contributed by atoms with Gasteiger partial charge in [0.15, 0.2) is 0 Å². The van der Waals surface area contributed by atoms with Gasteiger partial charge in [0.1, 0.15) is 12.4 Å². The molecule has 1 aromatic carbocycles. The van der Waals surface area contributed by atoms with Crippen LogP contribution in [0.5, 0.6) is 0 Å². The number of ether oxygens (including phenoxy) is 1. The molecule has 4 nitrogen and oxygen atoms in total. The predicted octanol–water partition coefficient (Wildman–Crippen LogP) is 2.43. The van der Waals surface area contributed by atoms with Crippen LogP contribution in [-0.4, -0.2) is 47.6 Å². The van der Waals surface area contributed by atoms with E-state index in [2.05, 4.69) is 0 Å². The van der Waals surface area contributed by atoms with E-state index in [0.717, 1.165) is 4.90 Å². The molecular formula is C15H15F3N2O2. The van der Waals surface area contributed by atoms with Gasteiger partial charge < -0.3 is 14.2 Å². The number of hydrogen-bond donors (Lipinski definition) is 0. The van der Waals surface area contributed by atoms with Crippen molar-refractivity contribution in [1.29, 1.82) is 0 Å². The minimum absolute atomic E-state index is 0.0560. The summed E-state index contributed by atoms with van der Waals surface area (Å²) < 4.78 is 47.1. The summed E-state index contributed by atoms with van der Waals surface area (Å²) in [4.78, 5) is 13.6. The van der Waals surface area contributed by atoms with Crippen LogP contribution in [0.15, 0.2) is 24.4 Å². The molecule has 7 heteroatoms. The number of halogens is 3. The SMILES string of the molecule is Cn1cc(C(=O)N2CCOCC(F)(F)C2)c2cc(F)ccc21. The number of benzene rings is 1. The molecule has 1 aromatic heterocycles. The molecule has 0 N–H and O–H groups in total. The summed E-state index contributed by atoms with van der Waals surface area (Å²) in [7, 11) is 1.72. The molecule has 0 spiro atoms. The van der Waals surface area contributed by atoms with E-state index in [4.69, 9.17) is 4.74 Å². The van der Waals surface area contributed by atoms with E-state index < -0.39 is 30.8 Å². The maximum atomic E-state index is 13.6. The second-order valence-electron chi connectivity index (χ2n) is 5.45. The van der Waals surface area contributed by atoms with Gasteiger partial charge >= 0.3 is 0 Å². The third-order valence-corrected chi connectivity index (χ3v) is 3.71. The first-order chi connectivity index (χ1) is 10.4. The summed E-state index contributed by atoms with van der Waals surface area (Å²) >= 11 is 0. The lowest BCUT2D eigenvalue weighted by molar-refractivity contribution is -0.0660. The van der Waals surface area contributed by atoms with E-state index in [1.807, 2.05) is 0 Å². The maximum Gasteiger partial charge on any atom is 0.288 e. The van der Waals surface area contributed by atoms with Crippen molar-refractivity contribution in [3.8, 4) is 0 Å². The Morgan fingerprint density at radius 1 is 1.36 bits per heavy atom. The molecular weight excluding hydrogens is 297 g/mol. The lowest BCUT2D eigenvalue weighted by Crippen LogP contribution is -2.41. The predicted molar refractivity (Wildman–Crippen MR) is 74.5 cm³/mol. The Morgan fingerprint density at radius 3 is 2.91 bits per heavy atom. The molecule has 2 heterocycles. The van der Waals surface area contributed by atoms with E-state index in [0.29, 0.717) is 10.9 Å². The zero-order chi connectivity index (χ0) is 15.9. The van der Waals surface area contributed by atoms with Crippen LogP contribution < -0.4 is 0 Å². The van der Waals surface area contributed by atoms with Crippen molar-refractivity contribution in [2.45, 2.75) is 5.92 Å². The van der Waals surface area contributed by atoms with E-state index in [1.54, 1.807) is 17.7 Å². The second-order valence-corrected chi connectivity index (χ2v) is 5.45. The summed E-state index contributed by atoms with van der Waals surface area (Å²) in [6.07, 6.45) is 1.54. The molecule has 3 rings (SSSR count). The van der Waals surface area contributed by atoms with Gasteiger partial charge in [0, 0.05) is 30.7 Å². The van der Waals surface area contributed by atoms with Crippen molar-refractivity contribution < 1.29 is 22.7 Å². The molecule has 0 bridgehead atoms. The lowest BCUT2D eigenvalue weighted by Gasteiger charge is -2.22. The zero-order valence-electron chi connectivity index (χ0n) is 12.0. The van der Waals surface area contributed by atoms with Crippen molar-refractivity contribution in [1.82, 2.24) is 9.47 Å². The summed E-state index contributed by atoms with van der Waals surface area (Å²) in [5.74, 6) is -4.10. The highest BCUT2D eigenvalue weighted by molar-refractivity contribution is 6.07. The normalized spacial score (nSPS) is 18.5. The molecule has 0 aliphatic carbocycles. The summed E-state index contributed by atoms with van der Waals surface area (Å²) in [6.45, 7) is -1.25. The van der Waals surface area contributed by atoms with Gasteiger partial charge in [-0.05, 0) is 18.2 Å². The Labute approximate surface area is 125 Å². The van der Waals surface area contributed by atoms with E-state index >= 15 is 0 Å². The van der Waals surface area contributed by atoms with Crippen LogP contribution >= 0.6 is 0 Å². The van der Waals surface area contributed by atoms with E-state index in [1.165, 1.54) is 18.3 Å². The lowest BCUT2D eigenvalue weighted by atomic mass is 10.1. The van der Waals surface area contributed by atoms with Gasteiger partial charge in [0.2, 0.25) is 0 Å². The molecule has 0 atom stereocenters. The quantitative estimate of drug-likeness (QED) is 0.810. The number of aromatic nitrogens is 1. The Morgan fingerprint density at radius 2 is 2.14 bits per heavy atom. The van der Waals surface area contributed by atoms with Gasteiger partial charge in [-0.15, -0.1) is 0 Å². The fourth-order valence-corrected chi connectivity index (χ4v) is 2.68. The number of fused-ring (bicyclic) bond motifs is 1. The Balaban J connectivity index is 1.99. The first-order valence-electron chi connectivity index (χ1n) is 6.87. The summed E-state index contributed by atoms with van der Waals surface area (Å²) in [5.41, 5.74) is 0.886. The van der Waals surface area contributed by atoms with Crippen LogP contribution in [0.2, 0.25) is 0 Å². The molecule has 0 saturated carbocycles. The van der Waals surface area contributed by atoms with Crippen LogP contribution in [-0.2, 0) is 11.8 Å². The van der Waals surface area contributed by atoms with Crippen molar-refractivity contribution in [3.05, 3.63) is 35.8 Å². The van der Waals surface area contributed by atoms with Crippen LogP contribution in [0.1, 0.15) is 10.4 Å². The van der Waals surface area contributed by atoms with E-state index in [9.17, 15) is 18.0 Å². The Bertz CT molecular complexity index is 727. The van der Waals surface area contributed by atoms with Crippen molar-refractivity contribution in [3.63, 3.8) is 0 Å². The van der Waals surface area contributed by atoms with Crippen LogP contribution in [0.3, 0.4) is 0 Å². The monoisotopic (exact) mass is 312 g/mol. The fraction of sp³-hybridized carbons (Fsp3) is 0.400. The number of aryl methyl sites for hydroxylation is 1. The number of nitrogens with zero attached hydrogens (tertiary/aromatic N) is 2. The minimum atomic E-state index is -3.08. The molecule has 118 valence electrons. The number of amides is 1. The van der Waals surface area contributed by atoms with Gasteiger partial charge in [-0.2, -0.15) is 0 Å². The average molecular weight is 312 g/mol. The summed E-state index contributed by atoms with van der Waals surface area (Å²) in [6, 6.07) is 4.10. The highest BCUT2D eigenvalue weighted by atomic mass is 19.3. The van der Waals surface area contributed by atoms with Crippen LogP contribution in [0.4, 0.5) is 13.2 Å². The van der Waals surface area contributed by atoms with Gasteiger partial charge in [-0.1, -0.05) is 0 Å². The Kier molecular flexibility index (Phi) is 3.60. The molecule has 1 aliphatic heterocycles. The van der Waals surface area contributed by atoms with Crippen molar-refractivity contribution in [2.75, 3.05) is 26.3 Å². The third-order valence-electron chi connectivity index (χ3n) is 3.71. The highest BCUT2D eigenvalue weighted by Crippen LogP contribution is 2.25. The van der Waals surface area contributed by atoms with Crippen molar-refractivity contribution in [2.24, 2.45) is 7.05 Å². The number of alkyl halides is 2. The molecule has 1 saturated heterocycles. The van der Waals surface area contributed by atoms with Crippen molar-refractivity contribution >= 4 is 16.8 Å². The molecule has 0 unspecified atom stereocenters. The number of carbonyl (C=O) groups is 1. The largest absolute Gasteiger partial charge is 0.373 e. The standard InChI is InChI=1S/C15H15F3N2O2/c1-19-7-12(11-6-10(16)2-3-13(11)19)14(21)20-4-5-22-9-15(17,18)8-20/h2-3,6-7H,4-5,8-9H2,1H3. The molecule has 1 amide bonds. The third kappa shape index (κ3) is 2.68. The maximum absolute atomic E-state index is 13.6. The topological polar surface area (TPSA) is 34.5 Å². The van der Waals surface area contributed by atoms with Gasteiger partial charge in [-0.3, -0.25) is 4.79 Å². The first kappa shape index (κ1) is 14.9. The fourth-order valence-electron chi connectivity index (χ4n) is 2.68. The zero-order valence-corrected chi connectivity index (χ0v) is 12.0. The van der Waals surface area contributed by atoms with Gasteiger partial charge in [-0.25, -0.2) is 13.2 Å². The smallest absolute Gasteiger partial charge is 0.288 e. The first-order valence-corrected chi connectivity index (χ1v) is 6.87. The average Bonchev–Trinajstić information content (AvgIpc) is 2.65. The molecule has 1 fully saturated rings.